The smallest absolute Gasteiger partial charge is 0.253 e. The van der Waals surface area contributed by atoms with Crippen LogP contribution < -0.4 is 20.1 Å². The van der Waals surface area contributed by atoms with E-state index < -0.39 is 6.17 Å². The molecule has 0 aliphatic heterocycles. The van der Waals surface area contributed by atoms with E-state index in [1.807, 2.05) is 11.4 Å². The Morgan fingerprint density at radius 1 is 0.964 bits per heavy atom. The van der Waals surface area contributed by atoms with Crippen molar-refractivity contribution in [2.75, 3.05) is 19.5 Å². The van der Waals surface area contributed by atoms with Crippen LogP contribution in [0.3, 0.4) is 0 Å². The Kier molecular flexibility index (Phi) is 6.29. The van der Waals surface area contributed by atoms with Crippen molar-refractivity contribution in [2.45, 2.75) is 6.17 Å². The number of anilines is 1. The number of nitrogens with one attached hydrogen (secondary N) is 2. The molecule has 3 aromatic rings. The average Bonchev–Trinajstić information content (AvgIpc) is 3.28. The molecule has 0 aliphatic rings. The fourth-order valence-electron chi connectivity index (χ4n) is 2.61. The molecule has 0 unspecified atom stereocenters. The van der Waals surface area contributed by atoms with Crippen LogP contribution in [0.25, 0.3) is 0 Å². The highest BCUT2D eigenvalue weighted by Crippen LogP contribution is 2.29. The molecule has 1 amide bonds. The highest BCUT2D eigenvalue weighted by atomic mass is 32.1. The highest BCUT2D eigenvalue weighted by molar-refractivity contribution is 7.12. The van der Waals surface area contributed by atoms with Gasteiger partial charge in [0.05, 0.1) is 24.8 Å². The predicted octanol–water partition coefficient (Wildman–Crippen LogP) is 3.82. The Bertz CT molecular complexity index is 942. The van der Waals surface area contributed by atoms with E-state index in [0.717, 1.165) is 0 Å². The van der Waals surface area contributed by atoms with Gasteiger partial charge in [0.1, 0.15) is 11.5 Å². The van der Waals surface area contributed by atoms with Gasteiger partial charge < -0.3 is 20.1 Å². The number of carbonyl (C=O) groups excluding carboxylic acids is 2. The van der Waals surface area contributed by atoms with Crippen LogP contribution in [0.4, 0.5) is 5.69 Å². The molecule has 2 aromatic carbocycles. The lowest BCUT2D eigenvalue weighted by atomic mass is 10.2. The third-order valence-electron chi connectivity index (χ3n) is 4.05. The third kappa shape index (κ3) is 4.50. The van der Waals surface area contributed by atoms with Crippen molar-refractivity contribution >= 4 is 28.7 Å². The van der Waals surface area contributed by atoms with Crippen LogP contribution in [0.5, 0.6) is 11.5 Å². The number of amides is 1. The zero-order valence-corrected chi connectivity index (χ0v) is 16.3. The first-order valence-corrected chi connectivity index (χ1v) is 9.42. The van der Waals surface area contributed by atoms with Crippen LogP contribution >= 0.6 is 11.3 Å². The molecule has 3 rings (SSSR count). The van der Waals surface area contributed by atoms with Crippen molar-refractivity contribution in [3.05, 3.63) is 76.5 Å². The first-order valence-electron chi connectivity index (χ1n) is 8.54. The van der Waals surface area contributed by atoms with E-state index in [4.69, 9.17) is 9.47 Å². The maximum Gasteiger partial charge on any atom is 0.253 e. The Morgan fingerprint density at radius 3 is 2.39 bits per heavy atom. The largest absolute Gasteiger partial charge is 0.497 e. The number of carbonyl (C=O) groups is 2. The van der Waals surface area contributed by atoms with E-state index in [-0.39, 0.29) is 11.7 Å². The molecular formula is C21H20N2O4S. The second kappa shape index (κ2) is 9.05. The molecule has 144 valence electrons. The van der Waals surface area contributed by atoms with Crippen molar-refractivity contribution < 1.29 is 19.1 Å². The van der Waals surface area contributed by atoms with Gasteiger partial charge in [0, 0.05) is 11.6 Å². The van der Waals surface area contributed by atoms with Gasteiger partial charge in [-0.2, -0.15) is 0 Å². The Balaban J connectivity index is 1.88. The van der Waals surface area contributed by atoms with Gasteiger partial charge >= 0.3 is 0 Å². The first-order chi connectivity index (χ1) is 13.6. The fourth-order valence-corrected chi connectivity index (χ4v) is 3.30. The molecule has 0 aliphatic carbocycles. The van der Waals surface area contributed by atoms with E-state index in [1.165, 1.54) is 18.4 Å². The molecule has 0 fully saturated rings. The van der Waals surface area contributed by atoms with Gasteiger partial charge in [-0.1, -0.05) is 24.3 Å². The number of ketones is 1. The molecule has 0 radical (unpaired) electrons. The second-order valence-electron chi connectivity index (χ2n) is 5.82. The van der Waals surface area contributed by atoms with Crippen molar-refractivity contribution in [3.8, 4) is 11.5 Å². The standard InChI is InChI=1S/C21H20N2O4S/c1-26-15-10-11-16(17(13-15)27-2)22-20(19(24)18-9-6-12-28-18)23-21(25)14-7-4-3-5-8-14/h3-13,20,22H,1-2H3,(H,23,25)/t20-/m0/s1. The topological polar surface area (TPSA) is 76.7 Å². The molecule has 0 spiro atoms. The molecule has 7 heteroatoms. The Morgan fingerprint density at radius 2 is 1.75 bits per heavy atom. The molecular weight excluding hydrogens is 376 g/mol. The van der Waals surface area contributed by atoms with Crippen LogP contribution in [-0.2, 0) is 0 Å². The normalized spacial score (nSPS) is 11.4. The van der Waals surface area contributed by atoms with Crippen molar-refractivity contribution in [2.24, 2.45) is 0 Å². The minimum Gasteiger partial charge on any atom is -0.497 e. The lowest BCUT2D eigenvalue weighted by Crippen LogP contribution is -2.46. The minimum absolute atomic E-state index is 0.239. The predicted molar refractivity (Wildman–Crippen MR) is 110 cm³/mol. The number of benzene rings is 2. The molecule has 1 aromatic heterocycles. The average molecular weight is 396 g/mol. The van der Waals surface area contributed by atoms with Crippen molar-refractivity contribution in [1.82, 2.24) is 5.32 Å². The summed E-state index contributed by atoms with van der Waals surface area (Å²) in [4.78, 5) is 26.1. The monoisotopic (exact) mass is 396 g/mol. The lowest BCUT2D eigenvalue weighted by molar-refractivity contribution is 0.0871. The summed E-state index contributed by atoms with van der Waals surface area (Å²) < 4.78 is 10.6. The summed E-state index contributed by atoms with van der Waals surface area (Å²) in [6.45, 7) is 0. The summed E-state index contributed by atoms with van der Waals surface area (Å²) in [6.07, 6.45) is -0.964. The molecule has 2 N–H and O–H groups in total. The summed E-state index contributed by atoms with van der Waals surface area (Å²) >= 11 is 1.32. The summed E-state index contributed by atoms with van der Waals surface area (Å²) in [5.41, 5.74) is 1.03. The van der Waals surface area contributed by atoms with E-state index in [9.17, 15) is 9.59 Å². The maximum atomic E-state index is 13.0. The molecule has 0 saturated carbocycles. The van der Waals surface area contributed by atoms with Crippen LogP contribution in [0, 0.1) is 0 Å². The molecule has 28 heavy (non-hydrogen) atoms. The van der Waals surface area contributed by atoms with Gasteiger partial charge in [-0.05, 0) is 35.7 Å². The van der Waals surface area contributed by atoms with Gasteiger partial charge in [-0.3, -0.25) is 9.59 Å². The molecule has 1 heterocycles. The fraction of sp³-hybridized carbons (Fsp3) is 0.143. The van der Waals surface area contributed by atoms with Gasteiger partial charge in [0.25, 0.3) is 5.91 Å². The van der Waals surface area contributed by atoms with Crippen LogP contribution in [0.2, 0.25) is 0 Å². The van der Waals surface area contributed by atoms with Crippen molar-refractivity contribution in [3.63, 3.8) is 0 Å². The third-order valence-corrected chi connectivity index (χ3v) is 4.93. The first kappa shape index (κ1) is 19.4. The number of ether oxygens (including phenoxy) is 2. The summed E-state index contributed by atoms with van der Waals surface area (Å²) in [7, 11) is 3.09. The molecule has 0 saturated heterocycles. The van der Waals surface area contributed by atoms with E-state index in [1.54, 1.807) is 61.7 Å². The van der Waals surface area contributed by atoms with E-state index in [0.29, 0.717) is 27.6 Å². The van der Waals surface area contributed by atoms with Gasteiger partial charge in [-0.25, -0.2) is 0 Å². The van der Waals surface area contributed by atoms with Gasteiger partial charge in [-0.15, -0.1) is 11.3 Å². The number of hydrogen-bond donors (Lipinski definition) is 2. The number of thiophene rings is 1. The van der Waals surface area contributed by atoms with Crippen LogP contribution in [0.15, 0.2) is 66.0 Å². The Labute approximate surface area is 167 Å². The lowest BCUT2D eigenvalue weighted by Gasteiger charge is -2.21. The van der Waals surface area contributed by atoms with Gasteiger partial charge in [0.2, 0.25) is 5.78 Å². The quantitative estimate of drug-likeness (QED) is 0.447. The minimum atomic E-state index is -0.964. The zero-order chi connectivity index (χ0) is 19.9. The highest BCUT2D eigenvalue weighted by Gasteiger charge is 2.24. The molecule has 1 atom stereocenters. The number of Topliss-reactive ketones (excluding diaryl/α,β-unsaturated/α-hetero) is 1. The Hall–Kier alpha value is -3.32. The summed E-state index contributed by atoms with van der Waals surface area (Å²) in [5.74, 6) is 0.529. The van der Waals surface area contributed by atoms with Crippen molar-refractivity contribution in [1.29, 1.82) is 0 Å². The van der Waals surface area contributed by atoms with Gasteiger partial charge in [0.15, 0.2) is 6.17 Å². The van der Waals surface area contributed by atoms with E-state index >= 15 is 0 Å². The van der Waals surface area contributed by atoms with Crippen LogP contribution in [-0.4, -0.2) is 32.1 Å². The maximum absolute atomic E-state index is 13.0. The summed E-state index contributed by atoms with van der Waals surface area (Å²) in [6, 6.07) is 17.4. The zero-order valence-electron chi connectivity index (χ0n) is 15.5. The molecule has 6 nitrogen and oxygen atoms in total. The van der Waals surface area contributed by atoms with E-state index in [2.05, 4.69) is 10.6 Å². The van der Waals surface area contributed by atoms with Crippen LogP contribution in [0.1, 0.15) is 20.0 Å². The SMILES string of the molecule is COc1ccc(N[C@@H](NC(=O)c2ccccc2)C(=O)c2cccs2)c(OC)c1. The number of hydrogen-bond acceptors (Lipinski definition) is 6. The number of rotatable bonds is 8. The summed E-state index contributed by atoms with van der Waals surface area (Å²) in [5, 5.41) is 7.67. The number of methoxy groups -OCH3 is 2. The second-order valence-corrected chi connectivity index (χ2v) is 6.77. The molecule has 0 bridgehead atoms.